The molecule has 0 aliphatic heterocycles. The molecule has 0 aliphatic carbocycles. The van der Waals surface area contributed by atoms with Gasteiger partial charge in [0.25, 0.3) is 10.0 Å². The predicted octanol–water partition coefficient (Wildman–Crippen LogP) is 4.68. The highest BCUT2D eigenvalue weighted by Crippen LogP contribution is 2.30. The van der Waals surface area contributed by atoms with E-state index in [-0.39, 0.29) is 6.42 Å². The van der Waals surface area contributed by atoms with Gasteiger partial charge in [-0.05, 0) is 47.9 Å². The summed E-state index contributed by atoms with van der Waals surface area (Å²) in [5.41, 5.74) is -0.0563. The van der Waals surface area contributed by atoms with Gasteiger partial charge in [-0.15, -0.1) is 0 Å². The second-order valence-corrected chi connectivity index (χ2v) is 8.47. The molecule has 0 radical (unpaired) electrons. The number of hydrogen-bond donors (Lipinski definition) is 1. The van der Waals surface area contributed by atoms with Crippen LogP contribution in [0.15, 0.2) is 83.8 Å². The number of benzene rings is 3. The van der Waals surface area contributed by atoms with Crippen molar-refractivity contribution in [3.63, 3.8) is 0 Å². The zero-order valence-electron chi connectivity index (χ0n) is 15.9. The molecule has 3 aromatic rings. The smallest absolute Gasteiger partial charge is 0.273 e. The normalized spacial score (nSPS) is 12.9. The van der Waals surface area contributed by atoms with Crippen LogP contribution in [0.4, 0.5) is 17.6 Å². The summed E-state index contributed by atoms with van der Waals surface area (Å²) in [6, 6.07) is 16.8. The van der Waals surface area contributed by atoms with Gasteiger partial charge in [0.15, 0.2) is 0 Å². The third-order valence-electron chi connectivity index (χ3n) is 4.58. The molecule has 1 N–H and O–H groups in total. The van der Waals surface area contributed by atoms with Crippen molar-refractivity contribution in [1.29, 1.82) is 0 Å². The van der Waals surface area contributed by atoms with Crippen LogP contribution in [0, 0.1) is 5.82 Å². The van der Waals surface area contributed by atoms with Crippen LogP contribution in [0.3, 0.4) is 0 Å². The van der Waals surface area contributed by atoms with Crippen LogP contribution < -0.4 is 4.72 Å². The van der Waals surface area contributed by atoms with Crippen LogP contribution in [-0.4, -0.2) is 14.3 Å². The van der Waals surface area contributed by atoms with Crippen LogP contribution in [0.25, 0.3) is 0 Å². The summed E-state index contributed by atoms with van der Waals surface area (Å²) in [6.45, 7) is 0. The van der Waals surface area contributed by atoms with Crippen molar-refractivity contribution in [2.45, 2.75) is 23.4 Å². The molecule has 0 bridgehead atoms. The van der Waals surface area contributed by atoms with Crippen molar-refractivity contribution in [3.05, 3.63) is 101 Å². The number of hydrogen-bond acceptors (Lipinski definition) is 3. The van der Waals surface area contributed by atoms with Gasteiger partial charge in [0, 0.05) is 0 Å². The fourth-order valence-electron chi connectivity index (χ4n) is 3.01. The number of nitrogens with one attached hydrogen (secondary N) is 1. The fourth-order valence-corrected chi connectivity index (χ4v) is 4.07. The Bertz CT molecular complexity index is 1160. The van der Waals surface area contributed by atoms with Crippen molar-refractivity contribution in [2.75, 3.05) is 0 Å². The van der Waals surface area contributed by atoms with E-state index in [4.69, 9.17) is 0 Å². The number of halogens is 4. The zero-order chi connectivity index (χ0) is 22.6. The highest BCUT2D eigenvalue weighted by atomic mass is 32.2. The van der Waals surface area contributed by atoms with Crippen molar-refractivity contribution >= 4 is 15.9 Å². The quantitative estimate of drug-likeness (QED) is 0.554. The standard InChI is InChI=1S/C22H17F4NO3S/c23-18-11-9-15(10-12-18)13-20(16-5-2-1-3-6-16)21(28)27-31(29,30)19-8-4-7-17(14-19)22(24,25)26/h1-12,14,20H,13H2,(H,27,28)/t20-/m1/s1. The predicted molar refractivity (Wildman–Crippen MR) is 106 cm³/mol. The summed E-state index contributed by atoms with van der Waals surface area (Å²) in [5, 5.41) is 0. The summed E-state index contributed by atoms with van der Waals surface area (Å²) in [7, 11) is -4.55. The molecule has 9 heteroatoms. The molecule has 162 valence electrons. The molecule has 0 heterocycles. The summed E-state index contributed by atoms with van der Waals surface area (Å²) in [5.74, 6) is -2.34. The first-order chi connectivity index (χ1) is 14.6. The van der Waals surface area contributed by atoms with Crippen molar-refractivity contribution in [2.24, 2.45) is 0 Å². The van der Waals surface area contributed by atoms with Crippen molar-refractivity contribution in [1.82, 2.24) is 4.72 Å². The molecule has 1 atom stereocenters. The number of rotatable bonds is 6. The third-order valence-corrected chi connectivity index (χ3v) is 5.92. The largest absolute Gasteiger partial charge is 0.416 e. The molecule has 0 spiro atoms. The minimum atomic E-state index is -4.73. The van der Waals surface area contributed by atoms with Crippen LogP contribution in [-0.2, 0) is 27.4 Å². The second-order valence-electron chi connectivity index (χ2n) is 6.79. The molecule has 0 unspecified atom stereocenters. The molecular formula is C22H17F4NO3S. The molecule has 31 heavy (non-hydrogen) atoms. The maximum atomic E-state index is 13.2. The average Bonchev–Trinajstić information content (AvgIpc) is 2.73. The number of amides is 1. The van der Waals surface area contributed by atoms with E-state index in [1.807, 2.05) is 4.72 Å². The topological polar surface area (TPSA) is 63.2 Å². The lowest BCUT2D eigenvalue weighted by molar-refractivity contribution is -0.137. The monoisotopic (exact) mass is 451 g/mol. The van der Waals surface area contributed by atoms with Crippen LogP contribution >= 0.6 is 0 Å². The van der Waals surface area contributed by atoms with E-state index in [1.165, 1.54) is 24.3 Å². The van der Waals surface area contributed by atoms with Gasteiger partial charge in [-0.3, -0.25) is 4.79 Å². The Morgan fingerprint density at radius 3 is 2.16 bits per heavy atom. The van der Waals surface area contributed by atoms with Gasteiger partial charge in [-0.1, -0.05) is 48.5 Å². The van der Waals surface area contributed by atoms with Gasteiger partial charge in [0.1, 0.15) is 5.82 Å². The minimum Gasteiger partial charge on any atom is -0.273 e. The number of carbonyl (C=O) groups is 1. The Morgan fingerprint density at radius 2 is 1.55 bits per heavy atom. The summed E-state index contributed by atoms with van der Waals surface area (Å²) < 4.78 is 79.1. The summed E-state index contributed by atoms with van der Waals surface area (Å²) in [6.07, 6.45) is -4.67. The molecule has 4 nitrogen and oxygen atoms in total. The lowest BCUT2D eigenvalue weighted by Gasteiger charge is -2.18. The SMILES string of the molecule is O=C(NS(=O)(=O)c1cccc(C(F)(F)F)c1)[C@H](Cc1ccc(F)cc1)c1ccccc1. The van der Waals surface area contributed by atoms with Gasteiger partial charge in [-0.2, -0.15) is 13.2 Å². The van der Waals surface area contributed by atoms with Gasteiger partial charge in [-0.25, -0.2) is 17.5 Å². The molecule has 3 rings (SSSR count). The Morgan fingerprint density at radius 1 is 0.903 bits per heavy atom. The van der Waals surface area contributed by atoms with Gasteiger partial charge in [0.2, 0.25) is 5.91 Å². The van der Waals surface area contributed by atoms with E-state index >= 15 is 0 Å². The first-order valence-corrected chi connectivity index (χ1v) is 10.6. The van der Waals surface area contributed by atoms with Gasteiger partial charge in [0.05, 0.1) is 16.4 Å². The molecule has 0 aliphatic rings. The van der Waals surface area contributed by atoms with Crippen LogP contribution in [0.2, 0.25) is 0 Å². The molecule has 0 aromatic heterocycles. The lowest BCUT2D eigenvalue weighted by atomic mass is 9.91. The van der Waals surface area contributed by atoms with E-state index in [1.54, 1.807) is 30.3 Å². The number of carbonyl (C=O) groups excluding carboxylic acids is 1. The maximum absolute atomic E-state index is 13.2. The Kier molecular flexibility index (Phi) is 6.45. The maximum Gasteiger partial charge on any atom is 0.416 e. The highest BCUT2D eigenvalue weighted by Gasteiger charge is 2.32. The molecule has 0 saturated heterocycles. The number of alkyl halides is 3. The first-order valence-electron chi connectivity index (χ1n) is 9.09. The molecule has 0 saturated carbocycles. The second kappa shape index (κ2) is 8.89. The van der Waals surface area contributed by atoms with Gasteiger partial charge >= 0.3 is 6.18 Å². The van der Waals surface area contributed by atoms with E-state index in [0.29, 0.717) is 17.2 Å². The molecule has 0 fully saturated rings. The van der Waals surface area contributed by atoms with Gasteiger partial charge < -0.3 is 0 Å². The Labute approximate surface area is 176 Å². The highest BCUT2D eigenvalue weighted by molar-refractivity contribution is 7.90. The Balaban J connectivity index is 1.90. The number of sulfonamides is 1. The molecule has 1 amide bonds. The molecular weight excluding hydrogens is 434 g/mol. The summed E-state index contributed by atoms with van der Waals surface area (Å²) >= 11 is 0. The Hall–Kier alpha value is -3.20. The summed E-state index contributed by atoms with van der Waals surface area (Å²) in [4.78, 5) is 12.2. The zero-order valence-corrected chi connectivity index (χ0v) is 16.8. The first kappa shape index (κ1) is 22.5. The fraction of sp³-hybridized carbons (Fsp3) is 0.136. The van der Waals surface area contributed by atoms with E-state index in [9.17, 15) is 30.8 Å². The molecule has 3 aromatic carbocycles. The minimum absolute atomic E-state index is 0.0637. The lowest BCUT2D eigenvalue weighted by Crippen LogP contribution is -2.35. The average molecular weight is 451 g/mol. The van der Waals surface area contributed by atoms with Crippen molar-refractivity contribution < 1.29 is 30.8 Å². The van der Waals surface area contributed by atoms with E-state index in [0.717, 1.165) is 18.2 Å². The van der Waals surface area contributed by atoms with Crippen molar-refractivity contribution in [3.8, 4) is 0 Å². The van der Waals surface area contributed by atoms with E-state index in [2.05, 4.69) is 0 Å². The van der Waals surface area contributed by atoms with Crippen LogP contribution in [0.1, 0.15) is 22.6 Å². The third kappa shape index (κ3) is 5.69. The van der Waals surface area contributed by atoms with Crippen LogP contribution in [0.5, 0.6) is 0 Å². The van der Waals surface area contributed by atoms with E-state index < -0.39 is 44.3 Å².